The molecule has 2 aliphatic heterocycles. The normalized spacial score (nSPS) is 19.1. The van der Waals surface area contributed by atoms with Crippen LogP contribution in [0.5, 0.6) is 0 Å². The van der Waals surface area contributed by atoms with Gasteiger partial charge in [-0.25, -0.2) is 0 Å². The van der Waals surface area contributed by atoms with E-state index in [4.69, 9.17) is 17.3 Å². The van der Waals surface area contributed by atoms with Gasteiger partial charge in [-0.2, -0.15) is 0 Å². The zero-order chi connectivity index (χ0) is 18.3. The predicted molar refractivity (Wildman–Crippen MR) is 103 cm³/mol. The molecule has 5 nitrogen and oxygen atoms in total. The van der Waals surface area contributed by atoms with E-state index in [1.54, 1.807) is 17.0 Å². The largest absolute Gasteiger partial charge is 0.399 e. The van der Waals surface area contributed by atoms with Gasteiger partial charge < -0.3 is 15.5 Å². The first-order valence-corrected chi connectivity index (χ1v) is 9.25. The van der Waals surface area contributed by atoms with E-state index in [0.717, 1.165) is 28.9 Å². The zero-order valence-corrected chi connectivity index (χ0v) is 15.1. The van der Waals surface area contributed by atoms with Gasteiger partial charge >= 0.3 is 0 Å². The fourth-order valence-corrected chi connectivity index (χ4v) is 3.97. The van der Waals surface area contributed by atoms with Crippen LogP contribution in [0.15, 0.2) is 42.5 Å². The molecule has 6 heteroatoms. The highest BCUT2D eigenvalue weighted by atomic mass is 35.5. The molecule has 26 heavy (non-hydrogen) atoms. The van der Waals surface area contributed by atoms with Crippen LogP contribution in [0.3, 0.4) is 0 Å². The first kappa shape index (κ1) is 16.9. The van der Waals surface area contributed by atoms with Crippen molar-refractivity contribution in [2.24, 2.45) is 5.92 Å². The van der Waals surface area contributed by atoms with Crippen molar-refractivity contribution in [3.05, 3.63) is 53.6 Å². The van der Waals surface area contributed by atoms with Crippen LogP contribution in [-0.2, 0) is 21.9 Å². The van der Waals surface area contributed by atoms with Gasteiger partial charge in [-0.15, -0.1) is 11.6 Å². The third kappa shape index (κ3) is 2.92. The summed E-state index contributed by atoms with van der Waals surface area (Å²) in [6.07, 6.45) is 1.06. The lowest BCUT2D eigenvalue weighted by Gasteiger charge is -2.22. The Bertz CT molecular complexity index is 883. The van der Waals surface area contributed by atoms with Crippen LogP contribution in [0.25, 0.3) is 0 Å². The maximum absolute atomic E-state index is 13.1. The number of anilines is 3. The molecule has 0 radical (unpaired) electrons. The molecule has 0 bridgehead atoms. The van der Waals surface area contributed by atoms with Crippen LogP contribution in [0.1, 0.15) is 17.5 Å². The van der Waals surface area contributed by atoms with Gasteiger partial charge in [0.25, 0.3) is 0 Å². The van der Waals surface area contributed by atoms with Crippen LogP contribution >= 0.6 is 11.6 Å². The first-order valence-electron chi connectivity index (χ1n) is 8.72. The average Bonchev–Trinajstić information content (AvgIpc) is 3.24. The third-order valence-corrected chi connectivity index (χ3v) is 5.42. The van der Waals surface area contributed by atoms with Gasteiger partial charge in [0, 0.05) is 42.5 Å². The number of alkyl halides is 1. The van der Waals surface area contributed by atoms with Gasteiger partial charge in [-0.05, 0) is 41.8 Å². The fourth-order valence-electron chi connectivity index (χ4n) is 3.80. The van der Waals surface area contributed by atoms with Gasteiger partial charge in [-0.3, -0.25) is 9.59 Å². The molecule has 4 rings (SSSR count). The Morgan fingerprint density at radius 1 is 1.23 bits per heavy atom. The minimum Gasteiger partial charge on any atom is -0.399 e. The van der Waals surface area contributed by atoms with E-state index in [1.807, 2.05) is 29.2 Å². The van der Waals surface area contributed by atoms with Crippen molar-refractivity contribution < 1.29 is 9.59 Å². The molecule has 1 saturated heterocycles. The van der Waals surface area contributed by atoms with Crippen LogP contribution in [-0.4, -0.2) is 24.9 Å². The summed E-state index contributed by atoms with van der Waals surface area (Å²) in [6.45, 7) is 1.05. The van der Waals surface area contributed by atoms with Gasteiger partial charge in [0.1, 0.15) is 0 Å². The second-order valence-electron chi connectivity index (χ2n) is 6.84. The van der Waals surface area contributed by atoms with Gasteiger partial charge in [0.05, 0.1) is 5.92 Å². The van der Waals surface area contributed by atoms with E-state index in [2.05, 4.69) is 6.07 Å². The van der Waals surface area contributed by atoms with E-state index in [9.17, 15) is 9.59 Å². The molecule has 2 aromatic rings. The summed E-state index contributed by atoms with van der Waals surface area (Å²) in [7, 11) is 0. The van der Waals surface area contributed by atoms with E-state index >= 15 is 0 Å². The SMILES string of the molecule is Nc1cccc(N2CC(C(=O)N3CCc4cc(CCl)ccc43)CC2=O)c1. The fraction of sp³-hybridized carbons (Fsp3) is 0.300. The van der Waals surface area contributed by atoms with Crippen LogP contribution in [0.4, 0.5) is 17.1 Å². The van der Waals surface area contributed by atoms with E-state index in [-0.39, 0.29) is 24.2 Å². The molecular weight excluding hydrogens is 350 g/mol. The monoisotopic (exact) mass is 369 g/mol. The average molecular weight is 370 g/mol. The summed E-state index contributed by atoms with van der Waals surface area (Å²) in [6, 6.07) is 13.2. The van der Waals surface area contributed by atoms with Crippen LogP contribution in [0, 0.1) is 5.92 Å². The number of fused-ring (bicyclic) bond motifs is 1. The van der Waals surface area contributed by atoms with Gasteiger partial charge in [0.2, 0.25) is 11.8 Å². The Labute approximate surface area is 157 Å². The van der Waals surface area contributed by atoms with Crippen molar-refractivity contribution in [2.75, 3.05) is 28.6 Å². The van der Waals surface area contributed by atoms with Crippen molar-refractivity contribution >= 4 is 40.5 Å². The van der Waals surface area contributed by atoms with E-state index < -0.39 is 0 Å². The van der Waals surface area contributed by atoms with Gasteiger partial charge in [0.15, 0.2) is 0 Å². The quantitative estimate of drug-likeness (QED) is 0.668. The third-order valence-electron chi connectivity index (χ3n) is 5.12. The molecule has 0 saturated carbocycles. The van der Waals surface area contributed by atoms with Crippen molar-refractivity contribution in [1.82, 2.24) is 0 Å². The molecule has 1 atom stereocenters. The topological polar surface area (TPSA) is 66.6 Å². The van der Waals surface area contributed by atoms with Crippen molar-refractivity contribution in [3.63, 3.8) is 0 Å². The second-order valence-corrected chi connectivity index (χ2v) is 7.10. The number of nitrogens with zero attached hydrogens (tertiary/aromatic N) is 2. The number of rotatable bonds is 3. The first-order chi connectivity index (χ1) is 12.6. The number of hydrogen-bond acceptors (Lipinski definition) is 3. The molecule has 134 valence electrons. The van der Waals surface area contributed by atoms with Crippen molar-refractivity contribution in [1.29, 1.82) is 0 Å². The number of carbonyl (C=O) groups excluding carboxylic acids is 2. The molecule has 2 amide bonds. The van der Waals surface area contributed by atoms with Gasteiger partial charge in [-0.1, -0.05) is 18.2 Å². The molecule has 0 aliphatic carbocycles. The molecule has 1 unspecified atom stereocenters. The minimum atomic E-state index is -0.331. The Morgan fingerprint density at radius 2 is 2.08 bits per heavy atom. The maximum atomic E-state index is 13.1. The van der Waals surface area contributed by atoms with Crippen LogP contribution < -0.4 is 15.5 Å². The molecule has 2 heterocycles. The molecule has 2 aromatic carbocycles. The lowest BCUT2D eigenvalue weighted by molar-refractivity contribution is -0.124. The number of benzene rings is 2. The Kier molecular flexibility index (Phi) is 4.32. The molecule has 2 aliphatic rings. The summed E-state index contributed by atoms with van der Waals surface area (Å²) < 4.78 is 0. The smallest absolute Gasteiger partial charge is 0.232 e. The lowest BCUT2D eigenvalue weighted by atomic mass is 10.1. The highest BCUT2D eigenvalue weighted by Crippen LogP contribution is 2.33. The van der Waals surface area contributed by atoms with E-state index in [0.29, 0.717) is 24.7 Å². The maximum Gasteiger partial charge on any atom is 0.232 e. The molecule has 0 spiro atoms. The number of amides is 2. The Hall–Kier alpha value is -2.53. The summed E-state index contributed by atoms with van der Waals surface area (Å²) in [5.74, 6) is 0.114. The summed E-state index contributed by atoms with van der Waals surface area (Å²) >= 11 is 5.90. The lowest BCUT2D eigenvalue weighted by Crippen LogP contribution is -2.36. The zero-order valence-electron chi connectivity index (χ0n) is 14.3. The van der Waals surface area contributed by atoms with Crippen molar-refractivity contribution in [3.8, 4) is 0 Å². The standard InChI is InChI=1S/C20H20ClN3O2/c21-11-13-4-5-18-14(8-13)6-7-23(18)20(26)15-9-19(25)24(12-15)17-3-1-2-16(22)10-17/h1-5,8,10,15H,6-7,9,11-12,22H2. The number of hydrogen-bond donors (Lipinski definition) is 1. The number of nitrogen functional groups attached to an aromatic ring is 1. The summed E-state index contributed by atoms with van der Waals surface area (Å²) in [5, 5.41) is 0. The molecular formula is C20H20ClN3O2. The minimum absolute atomic E-state index is 0.0159. The highest BCUT2D eigenvalue weighted by Gasteiger charge is 2.39. The number of nitrogens with two attached hydrogens (primary N) is 1. The Morgan fingerprint density at radius 3 is 2.85 bits per heavy atom. The summed E-state index contributed by atoms with van der Waals surface area (Å²) in [4.78, 5) is 29.0. The number of halogens is 1. The van der Waals surface area contributed by atoms with Crippen molar-refractivity contribution in [2.45, 2.75) is 18.7 Å². The Balaban J connectivity index is 1.53. The summed E-state index contributed by atoms with van der Waals surface area (Å²) in [5.41, 5.74) is 10.3. The molecule has 0 aromatic heterocycles. The second kappa shape index (κ2) is 6.65. The van der Waals surface area contributed by atoms with Crippen LogP contribution in [0.2, 0.25) is 0 Å². The molecule has 1 fully saturated rings. The highest BCUT2D eigenvalue weighted by molar-refractivity contribution is 6.17. The predicted octanol–water partition coefficient (Wildman–Crippen LogP) is 2.95. The van der Waals surface area contributed by atoms with E-state index in [1.165, 1.54) is 0 Å². The molecule has 2 N–H and O–H groups in total. The number of carbonyl (C=O) groups is 2.